The second kappa shape index (κ2) is 13.3. The van der Waals surface area contributed by atoms with Crippen LogP contribution in [0.1, 0.15) is 22.3 Å². The van der Waals surface area contributed by atoms with Gasteiger partial charge in [0.15, 0.2) is 0 Å². The van der Waals surface area contributed by atoms with Gasteiger partial charge in [0.2, 0.25) is 0 Å². The van der Waals surface area contributed by atoms with Crippen molar-refractivity contribution in [3.63, 3.8) is 0 Å². The molecule has 10 aromatic carbocycles. The molecule has 3 heterocycles. The van der Waals surface area contributed by atoms with Gasteiger partial charge in [0.1, 0.15) is 19.2 Å². The summed E-state index contributed by atoms with van der Waals surface area (Å²) in [5.41, 5.74) is 16.2. The van der Waals surface area contributed by atoms with E-state index in [1.165, 1.54) is 65.3 Å². The summed E-state index contributed by atoms with van der Waals surface area (Å²) in [6.07, 6.45) is 0. The highest BCUT2D eigenvalue weighted by atomic mass is 28.3. The van der Waals surface area contributed by atoms with E-state index >= 15 is 0 Å². The molecule has 14 rings (SSSR count). The Labute approximate surface area is 378 Å². The molecular formula is C61H42N2OSi. The van der Waals surface area contributed by atoms with Gasteiger partial charge < -0.3 is 13.9 Å². The molecule has 0 radical (unpaired) electrons. The fourth-order valence-corrected chi connectivity index (χ4v) is 15.3. The van der Waals surface area contributed by atoms with Crippen LogP contribution in [-0.2, 0) is 5.41 Å². The Kier molecular flexibility index (Phi) is 7.48. The number of furan rings is 1. The van der Waals surface area contributed by atoms with Crippen LogP contribution in [0.4, 0.5) is 17.1 Å². The van der Waals surface area contributed by atoms with Gasteiger partial charge in [-0.15, -0.1) is 0 Å². The minimum atomic E-state index is -2.31. The van der Waals surface area contributed by atoms with Gasteiger partial charge in [0.25, 0.3) is 0 Å². The predicted octanol–water partition coefficient (Wildman–Crippen LogP) is 14.8. The molecule has 1 spiro atoms. The van der Waals surface area contributed by atoms with Crippen molar-refractivity contribution in [2.45, 2.75) is 18.5 Å². The van der Waals surface area contributed by atoms with E-state index in [1.807, 2.05) is 6.07 Å². The number of para-hydroxylation sites is 3. The second-order valence-corrected chi connectivity index (χ2v) is 22.7. The summed E-state index contributed by atoms with van der Waals surface area (Å²) in [7, 11) is -2.31. The first-order valence-electron chi connectivity index (χ1n) is 22.7. The maximum Gasteiger partial charge on any atom is 0.137 e. The third-order valence-corrected chi connectivity index (χ3v) is 18.4. The summed E-state index contributed by atoms with van der Waals surface area (Å²) in [6.45, 7) is 5.11. The summed E-state index contributed by atoms with van der Waals surface area (Å²) in [5, 5.41) is 10.3. The third-order valence-electron chi connectivity index (χ3n) is 14.8. The van der Waals surface area contributed by atoms with Crippen molar-refractivity contribution in [3.8, 4) is 16.8 Å². The standard InChI is InChI=1S/C61H42N2OSi/c1-65(2)58-29-13-10-25-51(58)61(50-24-9-6-20-44(50)49-23-14-16-39-17-15-26-53(61)60(39)49)52-35-32-43(38-59(52)65)62(40-18-4-3-5-19-40)41-30-33-46-45-21-7-11-27-54(45)63(55(46)36-41)42-31-34-48-47-22-8-12-28-56(47)64-57(48)37-42/h3-38H,1-2H3. The van der Waals surface area contributed by atoms with Gasteiger partial charge in [-0.2, -0.15) is 0 Å². The number of aromatic nitrogens is 1. The smallest absolute Gasteiger partial charge is 0.137 e. The highest BCUT2D eigenvalue weighted by molar-refractivity contribution is 7.01. The molecule has 1 aliphatic heterocycles. The van der Waals surface area contributed by atoms with Crippen molar-refractivity contribution >= 4 is 90.0 Å². The van der Waals surface area contributed by atoms with E-state index in [4.69, 9.17) is 4.42 Å². The number of anilines is 3. The molecule has 0 fully saturated rings. The first-order valence-corrected chi connectivity index (χ1v) is 25.7. The molecule has 1 aliphatic carbocycles. The molecule has 306 valence electrons. The zero-order chi connectivity index (χ0) is 43.0. The Morgan fingerprint density at radius 1 is 0.415 bits per heavy atom. The first kappa shape index (κ1) is 36.5. The lowest BCUT2D eigenvalue weighted by Crippen LogP contribution is -2.63. The van der Waals surface area contributed by atoms with Crippen LogP contribution < -0.4 is 15.3 Å². The predicted molar refractivity (Wildman–Crippen MR) is 274 cm³/mol. The average Bonchev–Trinajstić information content (AvgIpc) is 3.90. The Balaban J connectivity index is 1.02. The SMILES string of the molecule is C[Si]1(C)c2ccccc2C2(c3ccccc3-c3cccc4cccc2c34)c2ccc(N(c3ccccc3)c3ccc4c5ccccc5n(-c5ccc6c(c5)oc5ccccc56)c4c3)cc21. The Morgan fingerprint density at radius 3 is 1.94 bits per heavy atom. The molecule has 2 aliphatic rings. The first-order chi connectivity index (χ1) is 32.0. The Hall–Kier alpha value is -7.92. The highest BCUT2D eigenvalue weighted by Gasteiger charge is 2.52. The normalized spacial score (nSPS) is 15.7. The van der Waals surface area contributed by atoms with Gasteiger partial charge in [-0.3, -0.25) is 0 Å². The van der Waals surface area contributed by atoms with E-state index in [9.17, 15) is 0 Å². The summed E-state index contributed by atoms with van der Waals surface area (Å²) in [4.78, 5) is 2.46. The molecule has 0 amide bonds. The van der Waals surface area contributed by atoms with Gasteiger partial charge in [-0.1, -0.05) is 165 Å². The van der Waals surface area contributed by atoms with Gasteiger partial charge in [-0.25, -0.2) is 0 Å². The lowest BCUT2D eigenvalue weighted by molar-refractivity contribution is 0.668. The minimum absolute atomic E-state index is 0.490. The summed E-state index contributed by atoms with van der Waals surface area (Å²) in [5.74, 6) is 0. The fourth-order valence-electron chi connectivity index (χ4n) is 12.1. The number of hydrogen-bond donors (Lipinski definition) is 0. The largest absolute Gasteiger partial charge is 0.456 e. The van der Waals surface area contributed by atoms with E-state index in [1.54, 1.807) is 0 Å². The average molecular weight is 847 g/mol. The Bertz CT molecular complexity index is 3950. The van der Waals surface area contributed by atoms with E-state index in [2.05, 4.69) is 235 Å². The van der Waals surface area contributed by atoms with E-state index in [0.717, 1.165) is 55.7 Å². The summed E-state index contributed by atoms with van der Waals surface area (Å²) < 4.78 is 8.86. The molecule has 12 aromatic rings. The number of benzene rings is 10. The van der Waals surface area contributed by atoms with Crippen LogP contribution in [0.25, 0.3) is 71.3 Å². The zero-order valence-electron chi connectivity index (χ0n) is 36.1. The topological polar surface area (TPSA) is 21.3 Å². The number of hydrogen-bond acceptors (Lipinski definition) is 2. The number of fused-ring (bicyclic) bond motifs is 14. The van der Waals surface area contributed by atoms with Crippen molar-refractivity contribution in [2.24, 2.45) is 0 Å². The van der Waals surface area contributed by atoms with Crippen LogP contribution >= 0.6 is 0 Å². The van der Waals surface area contributed by atoms with Gasteiger partial charge in [0, 0.05) is 50.4 Å². The van der Waals surface area contributed by atoms with Crippen LogP contribution in [0, 0.1) is 0 Å². The van der Waals surface area contributed by atoms with Crippen molar-refractivity contribution < 1.29 is 4.42 Å². The van der Waals surface area contributed by atoms with E-state index < -0.39 is 13.5 Å². The maximum atomic E-state index is 6.45. The molecule has 3 nitrogen and oxygen atoms in total. The van der Waals surface area contributed by atoms with E-state index in [-0.39, 0.29) is 0 Å². The van der Waals surface area contributed by atoms with Crippen molar-refractivity contribution in [3.05, 3.63) is 241 Å². The van der Waals surface area contributed by atoms with Gasteiger partial charge in [-0.05, 0) is 115 Å². The molecule has 1 atom stereocenters. The van der Waals surface area contributed by atoms with Crippen LogP contribution in [0.2, 0.25) is 13.1 Å². The summed E-state index contributed by atoms with van der Waals surface area (Å²) in [6, 6.07) is 81.5. The monoisotopic (exact) mass is 846 g/mol. The van der Waals surface area contributed by atoms with Crippen molar-refractivity contribution in [1.82, 2.24) is 4.57 Å². The van der Waals surface area contributed by atoms with E-state index in [0.29, 0.717) is 0 Å². The fraction of sp³-hybridized carbons (Fsp3) is 0.0492. The number of rotatable bonds is 4. The van der Waals surface area contributed by atoms with Crippen LogP contribution in [0.3, 0.4) is 0 Å². The lowest BCUT2D eigenvalue weighted by Gasteiger charge is -2.50. The van der Waals surface area contributed by atoms with Gasteiger partial charge >= 0.3 is 0 Å². The van der Waals surface area contributed by atoms with Crippen molar-refractivity contribution in [2.75, 3.05) is 4.90 Å². The van der Waals surface area contributed by atoms with Crippen LogP contribution in [-0.4, -0.2) is 12.6 Å². The minimum Gasteiger partial charge on any atom is -0.456 e. The van der Waals surface area contributed by atoms with Crippen LogP contribution in [0.5, 0.6) is 0 Å². The van der Waals surface area contributed by atoms with Crippen LogP contribution in [0.15, 0.2) is 223 Å². The molecule has 4 heteroatoms. The number of nitrogens with zero attached hydrogens (tertiary/aromatic N) is 2. The molecule has 65 heavy (non-hydrogen) atoms. The molecule has 2 aromatic heterocycles. The highest BCUT2D eigenvalue weighted by Crippen LogP contribution is 2.56. The van der Waals surface area contributed by atoms with Crippen molar-refractivity contribution in [1.29, 1.82) is 0 Å². The second-order valence-electron chi connectivity index (χ2n) is 18.4. The lowest BCUT2D eigenvalue weighted by atomic mass is 9.59. The Morgan fingerprint density at radius 2 is 1.05 bits per heavy atom. The zero-order valence-corrected chi connectivity index (χ0v) is 37.1. The quantitative estimate of drug-likeness (QED) is 0.165. The molecule has 0 N–H and O–H groups in total. The molecule has 1 unspecified atom stereocenters. The molecule has 0 saturated carbocycles. The summed E-state index contributed by atoms with van der Waals surface area (Å²) >= 11 is 0. The molecule has 0 bridgehead atoms. The maximum absolute atomic E-state index is 6.45. The molecule has 0 saturated heterocycles. The van der Waals surface area contributed by atoms with Gasteiger partial charge in [0.05, 0.1) is 16.4 Å². The third kappa shape index (κ3) is 4.89. The molecular weight excluding hydrogens is 805 g/mol.